The second-order valence-electron chi connectivity index (χ2n) is 9.31. The van der Waals surface area contributed by atoms with Crippen LogP contribution in [0, 0.1) is 12.8 Å². The first kappa shape index (κ1) is 24.3. The highest BCUT2D eigenvalue weighted by molar-refractivity contribution is 7.11. The van der Waals surface area contributed by atoms with E-state index in [2.05, 4.69) is 38.2 Å². The summed E-state index contributed by atoms with van der Waals surface area (Å²) < 4.78 is 0. The third-order valence-electron chi connectivity index (χ3n) is 5.84. The lowest BCUT2D eigenvalue weighted by atomic mass is 9.96. The maximum Gasteiger partial charge on any atom is 0.318 e. The van der Waals surface area contributed by atoms with E-state index in [1.807, 2.05) is 35.2 Å². The van der Waals surface area contributed by atoms with Crippen LogP contribution in [0.25, 0.3) is 0 Å². The second kappa shape index (κ2) is 12.0. The van der Waals surface area contributed by atoms with Crippen LogP contribution in [0.1, 0.15) is 61.3 Å². The van der Waals surface area contributed by atoms with Gasteiger partial charge in [-0.1, -0.05) is 63.4 Å². The SMILES string of the molecule is Cc1ccc(CN(Cc2ccccc2)C(=O)CN(CC(C)C)C(=O)NC2CCCCC2)s1. The van der Waals surface area contributed by atoms with Gasteiger partial charge in [0, 0.05) is 28.9 Å². The largest absolute Gasteiger partial charge is 0.335 e. The van der Waals surface area contributed by atoms with Crippen LogP contribution in [0.4, 0.5) is 4.79 Å². The van der Waals surface area contributed by atoms with Crippen molar-refractivity contribution < 1.29 is 9.59 Å². The molecule has 0 spiro atoms. The highest BCUT2D eigenvalue weighted by Gasteiger charge is 2.25. The monoisotopic (exact) mass is 455 g/mol. The minimum Gasteiger partial charge on any atom is -0.335 e. The fraction of sp³-hybridized carbons (Fsp3) is 0.538. The van der Waals surface area contributed by atoms with Crippen molar-refractivity contribution >= 4 is 23.3 Å². The van der Waals surface area contributed by atoms with Gasteiger partial charge in [0.15, 0.2) is 0 Å². The van der Waals surface area contributed by atoms with Crippen molar-refractivity contribution in [2.45, 2.75) is 72.0 Å². The van der Waals surface area contributed by atoms with Crippen LogP contribution in [0.3, 0.4) is 0 Å². The number of amides is 3. The average molecular weight is 456 g/mol. The Balaban J connectivity index is 1.71. The Hall–Kier alpha value is -2.34. The Morgan fingerprint density at radius 2 is 1.72 bits per heavy atom. The van der Waals surface area contributed by atoms with Crippen LogP contribution in [0.2, 0.25) is 0 Å². The number of nitrogens with one attached hydrogen (secondary N) is 1. The zero-order valence-electron chi connectivity index (χ0n) is 19.7. The van der Waals surface area contributed by atoms with E-state index >= 15 is 0 Å². The molecular weight excluding hydrogens is 418 g/mol. The van der Waals surface area contributed by atoms with E-state index in [-0.39, 0.29) is 24.5 Å². The molecule has 1 aliphatic carbocycles. The molecule has 174 valence electrons. The lowest BCUT2D eigenvalue weighted by Crippen LogP contribution is -2.50. The summed E-state index contributed by atoms with van der Waals surface area (Å²) in [6.07, 6.45) is 5.65. The van der Waals surface area contributed by atoms with E-state index in [1.54, 1.807) is 16.2 Å². The zero-order valence-corrected chi connectivity index (χ0v) is 20.5. The molecule has 0 unspecified atom stereocenters. The van der Waals surface area contributed by atoms with Crippen molar-refractivity contribution in [1.29, 1.82) is 0 Å². The molecule has 1 saturated carbocycles. The van der Waals surface area contributed by atoms with Crippen molar-refractivity contribution in [2.75, 3.05) is 13.1 Å². The number of rotatable bonds is 9. The van der Waals surface area contributed by atoms with Crippen LogP contribution >= 0.6 is 11.3 Å². The van der Waals surface area contributed by atoms with Gasteiger partial charge < -0.3 is 15.1 Å². The Kier molecular flexibility index (Phi) is 9.15. The molecule has 1 aliphatic rings. The fourth-order valence-corrected chi connectivity index (χ4v) is 5.14. The molecule has 1 aromatic carbocycles. The first-order valence-corrected chi connectivity index (χ1v) is 12.6. The van der Waals surface area contributed by atoms with Crippen LogP contribution < -0.4 is 5.32 Å². The highest BCUT2D eigenvalue weighted by Crippen LogP contribution is 2.20. The standard InChI is InChI=1S/C26H37N3O2S/c1-20(2)16-29(26(31)27-23-12-8-5-9-13-23)19-25(30)28(17-22-10-6-4-7-11-22)18-24-15-14-21(3)32-24/h4,6-7,10-11,14-15,20,23H,5,8-9,12-13,16-19H2,1-3H3,(H,27,31). The number of urea groups is 1. The van der Waals surface area contributed by atoms with Gasteiger partial charge in [0.1, 0.15) is 6.54 Å². The smallest absolute Gasteiger partial charge is 0.318 e. The van der Waals surface area contributed by atoms with E-state index < -0.39 is 0 Å². The van der Waals surface area contributed by atoms with Gasteiger partial charge in [-0.3, -0.25) is 4.79 Å². The summed E-state index contributed by atoms with van der Waals surface area (Å²) in [7, 11) is 0. The minimum absolute atomic E-state index is 0.0145. The molecule has 0 atom stereocenters. The zero-order chi connectivity index (χ0) is 22.9. The number of hydrogen-bond acceptors (Lipinski definition) is 3. The van der Waals surface area contributed by atoms with Gasteiger partial charge in [0.05, 0.1) is 6.54 Å². The van der Waals surface area contributed by atoms with Crippen molar-refractivity contribution in [2.24, 2.45) is 5.92 Å². The molecule has 6 heteroatoms. The molecule has 1 N–H and O–H groups in total. The summed E-state index contributed by atoms with van der Waals surface area (Å²) in [5, 5.41) is 3.19. The van der Waals surface area contributed by atoms with Gasteiger partial charge in [-0.2, -0.15) is 0 Å². The van der Waals surface area contributed by atoms with Gasteiger partial charge >= 0.3 is 6.03 Å². The summed E-state index contributed by atoms with van der Waals surface area (Å²) in [6, 6.07) is 14.4. The molecular formula is C26H37N3O2S. The summed E-state index contributed by atoms with van der Waals surface area (Å²) in [4.78, 5) is 32.5. The number of nitrogens with zero attached hydrogens (tertiary/aromatic N) is 2. The Bertz CT molecular complexity index is 859. The first-order valence-electron chi connectivity index (χ1n) is 11.8. The van der Waals surface area contributed by atoms with Crippen molar-refractivity contribution in [3.63, 3.8) is 0 Å². The van der Waals surface area contributed by atoms with Crippen molar-refractivity contribution in [3.8, 4) is 0 Å². The van der Waals surface area contributed by atoms with Gasteiger partial charge in [-0.05, 0) is 43.4 Å². The third-order valence-corrected chi connectivity index (χ3v) is 6.83. The van der Waals surface area contributed by atoms with E-state index in [9.17, 15) is 9.59 Å². The molecule has 0 saturated heterocycles. The predicted molar refractivity (Wildman–Crippen MR) is 132 cm³/mol. The molecule has 0 aliphatic heterocycles. The fourth-order valence-electron chi connectivity index (χ4n) is 4.23. The quantitative estimate of drug-likeness (QED) is 0.536. The second-order valence-corrected chi connectivity index (χ2v) is 10.7. The molecule has 0 radical (unpaired) electrons. The Labute approximate surface area is 196 Å². The lowest BCUT2D eigenvalue weighted by molar-refractivity contribution is -0.133. The van der Waals surface area contributed by atoms with Gasteiger partial charge in [0.2, 0.25) is 5.91 Å². The Morgan fingerprint density at radius 1 is 1.00 bits per heavy atom. The first-order chi connectivity index (χ1) is 15.4. The molecule has 5 nitrogen and oxygen atoms in total. The van der Waals surface area contributed by atoms with Crippen molar-refractivity contribution in [1.82, 2.24) is 15.1 Å². The molecule has 0 bridgehead atoms. The molecule has 32 heavy (non-hydrogen) atoms. The number of hydrogen-bond donors (Lipinski definition) is 1. The number of aryl methyl sites for hydroxylation is 1. The maximum absolute atomic E-state index is 13.5. The van der Waals surface area contributed by atoms with Crippen LogP contribution in [-0.2, 0) is 17.9 Å². The molecule has 1 heterocycles. The number of carbonyl (C=O) groups is 2. The lowest BCUT2D eigenvalue weighted by Gasteiger charge is -2.31. The third kappa shape index (κ3) is 7.66. The summed E-state index contributed by atoms with van der Waals surface area (Å²) in [5.41, 5.74) is 1.09. The number of carbonyl (C=O) groups excluding carboxylic acids is 2. The van der Waals surface area contributed by atoms with Gasteiger partial charge in [-0.15, -0.1) is 11.3 Å². The highest BCUT2D eigenvalue weighted by atomic mass is 32.1. The number of benzene rings is 1. The summed E-state index contributed by atoms with van der Waals surface area (Å²) in [6.45, 7) is 8.03. The molecule has 1 aromatic heterocycles. The normalized spacial score (nSPS) is 14.4. The maximum atomic E-state index is 13.5. The minimum atomic E-state index is -0.106. The van der Waals surface area contributed by atoms with Crippen molar-refractivity contribution in [3.05, 3.63) is 57.8 Å². The Morgan fingerprint density at radius 3 is 2.34 bits per heavy atom. The van der Waals surface area contributed by atoms with E-state index in [1.165, 1.54) is 24.1 Å². The van der Waals surface area contributed by atoms with Crippen LogP contribution in [0.5, 0.6) is 0 Å². The number of thiophene rings is 1. The average Bonchev–Trinajstić information content (AvgIpc) is 3.18. The van der Waals surface area contributed by atoms with E-state index in [0.717, 1.165) is 23.3 Å². The van der Waals surface area contributed by atoms with E-state index in [4.69, 9.17) is 0 Å². The molecule has 3 amide bonds. The van der Waals surface area contributed by atoms with Crippen LogP contribution in [0.15, 0.2) is 42.5 Å². The van der Waals surface area contributed by atoms with Crippen LogP contribution in [-0.4, -0.2) is 40.9 Å². The van der Waals surface area contributed by atoms with Gasteiger partial charge in [-0.25, -0.2) is 4.79 Å². The topological polar surface area (TPSA) is 52.7 Å². The molecule has 3 rings (SSSR count). The predicted octanol–water partition coefficient (Wildman–Crippen LogP) is 5.59. The molecule has 2 aromatic rings. The van der Waals surface area contributed by atoms with E-state index in [0.29, 0.717) is 25.6 Å². The summed E-state index contributed by atoms with van der Waals surface area (Å²) in [5.74, 6) is 0.279. The van der Waals surface area contributed by atoms with Gasteiger partial charge in [0.25, 0.3) is 0 Å². The molecule has 1 fully saturated rings. The summed E-state index contributed by atoms with van der Waals surface area (Å²) >= 11 is 1.72.